The van der Waals surface area contributed by atoms with E-state index in [4.69, 9.17) is 0 Å². The molecule has 0 saturated carbocycles. The van der Waals surface area contributed by atoms with Gasteiger partial charge in [-0.1, -0.05) is 31.2 Å². The number of thioether (sulfide) groups is 1. The predicted molar refractivity (Wildman–Crippen MR) is 133 cm³/mol. The lowest BCUT2D eigenvalue weighted by Crippen LogP contribution is -2.47. The van der Waals surface area contributed by atoms with E-state index in [0.29, 0.717) is 0 Å². The lowest BCUT2D eigenvalue weighted by atomic mass is 10.1. The highest BCUT2D eigenvalue weighted by Gasteiger charge is 2.21. The van der Waals surface area contributed by atoms with Crippen LogP contribution in [0.4, 0.5) is 0 Å². The third-order valence-corrected chi connectivity index (χ3v) is 6.95. The van der Waals surface area contributed by atoms with Crippen molar-refractivity contribution in [3.63, 3.8) is 0 Å². The third kappa shape index (κ3) is 7.07. The molecule has 2 heterocycles. The number of hydrogen-bond donors (Lipinski definition) is 1. The van der Waals surface area contributed by atoms with E-state index < -0.39 is 0 Å². The van der Waals surface area contributed by atoms with Crippen LogP contribution in [0.5, 0.6) is 0 Å². The van der Waals surface area contributed by atoms with Gasteiger partial charge in [0.2, 0.25) is 0 Å². The van der Waals surface area contributed by atoms with Gasteiger partial charge in [0.25, 0.3) is 0 Å². The second-order valence-corrected chi connectivity index (χ2v) is 9.05. The van der Waals surface area contributed by atoms with E-state index in [0.717, 1.165) is 37.4 Å². The maximum Gasteiger partial charge on any atom is 0.193 e. The number of aliphatic imine (C=N–C) groups is 1. The van der Waals surface area contributed by atoms with Gasteiger partial charge < -0.3 is 15.1 Å². The number of piperazine rings is 1. The van der Waals surface area contributed by atoms with Crippen molar-refractivity contribution >= 4 is 41.7 Å². The summed E-state index contributed by atoms with van der Waals surface area (Å²) in [5, 5.41) is 4.28. The fourth-order valence-corrected chi connectivity index (χ4v) is 4.88. The topological polar surface area (TPSA) is 34.1 Å². The molecule has 28 heavy (non-hydrogen) atoms. The summed E-state index contributed by atoms with van der Waals surface area (Å²) in [6.07, 6.45) is 1.23. The van der Waals surface area contributed by atoms with Crippen LogP contribution in [0, 0.1) is 0 Å². The van der Waals surface area contributed by atoms with Crippen LogP contribution in [0.3, 0.4) is 0 Å². The summed E-state index contributed by atoms with van der Waals surface area (Å²) in [4.78, 5) is 11.9. The van der Waals surface area contributed by atoms with Crippen LogP contribution in [0.2, 0.25) is 0 Å². The van der Waals surface area contributed by atoms with Gasteiger partial charge >= 0.3 is 0 Å². The SMILES string of the molecule is CCC1CN(C(=NC)NCc2ccc(CN3CCN(C)CC3)cc2)CCS1.I. The molecule has 2 fully saturated rings. The Labute approximate surface area is 192 Å². The van der Waals surface area contributed by atoms with Gasteiger partial charge in [-0.2, -0.15) is 11.8 Å². The van der Waals surface area contributed by atoms with Crippen LogP contribution in [-0.4, -0.2) is 85.0 Å². The van der Waals surface area contributed by atoms with Crippen molar-refractivity contribution in [3.8, 4) is 0 Å². The normalized spacial score (nSPS) is 22.0. The lowest BCUT2D eigenvalue weighted by Gasteiger charge is -2.34. The fraction of sp³-hybridized carbons (Fsp3) is 0.667. The summed E-state index contributed by atoms with van der Waals surface area (Å²) in [6, 6.07) is 9.07. The highest BCUT2D eigenvalue weighted by molar-refractivity contribution is 14.0. The zero-order chi connectivity index (χ0) is 19.1. The Hall–Kier alpha value is -0.510. The van der Waals surface area contributed by atoms with Gasteiger partial charge in [-0.25, -0.2) is 0 Å². The molecule has 5 nitrogen and oxygen atoms in total. The van der Waals surface area contributed by atoms with Crippen molar-refractivity contribution in [1.29, 1.82) is 0 Å². The van der Waals surface area contributed by atoms with Gasteiger partial charge in [0, 0.05) is 70.4 Å². The number of benzene rings is 1. The molecule has 0 amide bonds. The lowest BCUT2D eigenvalue weighted by molar-refractivity contribution is 0.148. The molecule has 158 valence electrons. The quantitative estimate of drug-likeness (QED) is 0.369. The van der Waals surface area contributed by atoms with Crippen LogP contribution in [0.15, 0.2) is 29.3 Å². The highest BCUT2D eigenvalue weighted by atomic mass is 127. The molecule has 3 rings (SSSR count). The Morgan fingerprint density at radius 1 is 1.11 bits per heavy atom. The van der Waals surface area contributed by atoms with E-state index in [1.165, 1.54) is 49.5 Å². The average Bonchev–Trinajstić information content (AvgIpc) is 2.71. The molecule has 0 bridgehead atoms. The second kappa shape index (κ2) is 12.2. The highest BCUT2D eigenvalue weighted by Crippen LogP contribution is 2.21. The Morgan fingerprint density at radius 2 is 1.79 bits per heavy atom. The van der Waals surface area contributed by atoms with Gasteiger partial charge in [0.15, 0.2) is 5.96 Å². The minimum absolute atomic E-state index is 0. The van der Waals surface area contributed by atoms with Gasteiger partial charge in [-0.15, -0.1) is 24.0 Å². The monoisotopic (exact) mass is 517 g/mol. The number of guanidine groups is 1. The molecule has 0 spiro atoms. The largest absolute Gasteiger partial charge is 0.352 e. The van der Waals surface area contributed by atoms with Crippen molar-refractivity contribution in [2.75, 3.05) is 59.1 Å². The van der Waals surface area contributed by atoms with Crippen molar-refractivity contribution in [3.05, 3.63) is 35.4 Å². The van der Waals surface area contributed by atoms with E-state index >= 15 is 0 Å². The molecule has 1 unspecified atom stereocenters. The van der Waals surface area contributed by atoms with Gasteiger partial charge in [0.1, 0.15) is 0 Å². The summed E-state index contributed by atoms with van der Waals surface area (Å²) >= 11 is 2.09. The zero-order valence-corrected chi connectivity index (χ0v) is 20.7. The summed E-state index contributed by atoms with van der Waals surface area (Å²) in [5.41, 5.74) is 2.73. The van der Waals surface area contributed by atoms with Crippen LogP contribution in [0.25, 0.3) is 0 Å². The molecule has 7 heteroatoms. The molecule has 0 aliphatic carbocycles. The third-order valence-electron chi connectivity index (χ3n) is 5.58. The van der Waals surface area contributed by atoms with Gasteiger partial charge in [0.05, 0.1) is 0 Å². The van der Waals surface area contributed by atoms with Crippen molar-refractivity contribution in [2.45, 2.75) is 31.7 Å². The number of likely N-dealkylation sites (N-methyl/N-ethyl adjacent to an activating group) is 1. The standard InChI is InChI=1S/C21H35N5S.HI/c1-4-20-17-26(13-14-27-20)21(22-2)23-15-18-5-7-19(8-6-18)16-25-11-9-24(3)10-12-25;/h5-8,20H,4,9-17H2,1-3H3,(H,22,23);1H. The average molecular weight is 518 g/mol. The maximum atomic E-state index is 4.51. The number of hydrogen-bond acceptors (Lipinski definition) is 4. The van der Waals surface area contributed by atoms with Crippen LogP contribution in [-0.2, 0) is 13.1 Å². The smallest absolute Gasteiger partial charge is 0.193 e. The maximum absolute atomic E-state index is 4.51. The Morgan fingerprint density at radius 3 is 2.43 bits per heavy atom. The second-order valence-electron chi connectivity index (χ2n) is 7.64. The van der Waals surface area contributed by atoms with Crippen molar-refractivity contribution < 1.29 is 0 Å². The summed E-state index contributed by atoms with van der Waals surface area (Å²) < 4.78 is 0. The first-order chi connectivity index (χ1) is 13.2. The van der Waals surface area contributed by atoms with Crippen LogP contribution >= 0.6 is 35.7 Å². The molecule has 0 aromatic heterocycles. The molecular weight excluding hydrogens is 481 g/mol. The number of nitrogens with zero attached hydrogens (tertiary/aromatic N) is 4. The molecule has 2 aliphatic rings. The molecule has 1 aromatic rings. The Kier molecular flexibility index (Phi) is 10.4. The van der Waals surface area contributed by atoms with E-state index in [-0.39, 0.29) is 24.0 Å². The van der Waals surface area contributed by atoms with Gasteiger partial charge in [-0.3, -0.25) is 9.89 Å². The Bertz CT molecular complexity index is 601. The van der Waals surface area contributed by atoms with E-state index in [1.807, 2.05) is 7.05 Å². The predicted octanol–water partition coefficient (Wildman–Crippen LogP) is 2.95. The van der Waals surface area contributed by atoms with Crippen LogP contribution < -0.4 is 5.32 Å². The van der Waals surface area contributed by atoms with E-state index in [1.54, 1.807) is 0 Å². The molecule has 1 atom stereocenters. The molecule has 1 N–H and O–H groups in total. The Balaban J connectivity index is 0.00000280. The van der Waals surface area contributed by atoms with Crippen molar-refractivity contribution in [2.24, 2.45) is 4.99 Å². The van der Waals surface area contributed by atoms with Gasteiger partial charge in [-0.05, 0) is 24.6 Å². The van der Waals surface area contributed by atoms with Crippen molar-refractivity contribution in [1.82, 2.24) is 20.0 Å². The first-order valence-corrected chi connectivity index (χ1v) is 11.3. The summed E-state index contributed by atoms with van der Waals surface area (Å²) in [6.45, 7) is 11.1. The molecule has 2 saturated heterocycles. The first-order valence-electron chi connectivity index (χ1n) is 10.2. The number of nitrogens with one attached hydrogen (secondary N) is 1. The van der Waals surface area contributed by atoms with Crippen LogP contribution in [0.1, 0.15) is 24.5 Å². The molecular formula is C21H36IN5S. The zero-order valence-electron chi connectivity index (χ0n) is 17.6. The molecule has 0 radical (unpaired) electrons. The number of halogens is 1. The minimum Gasteiger partial charge on any atom is -0.352 e. The number of rotatable bonds is 5. The fourth-order valence-electron chi connectivity index (χ4n) is 3.70. The minimum atomic E-state index is 0. The van der Waals surface area contributed by atoms with E-state index in [2.05, 4.69) is 75.0 Å². The molecule has 2 aliphatic heterocycles. The summed E-state index contributed by atoms with van der Waals surface area (Å²) in [5.74, 6) is 2.23. The molecule has 1 aromatic carbocycles. The first kappa shape index (κ1) is 23.8. The summed E-state index contributed by atoms with van der Waals surface area (Å²) in [7, 11) is 4.10. The van der Waals surface area contributed by atoms with E-state index in [9.17, 15) is 0 Å².